The maximum atomic E-state index is 8.53. The summed E-state index contributed by atoms with van der Waals surface area (Å²) in [6.07, 6.45) is 1.56. The third-order valence-corrected chi connectivity index (χ3v) is 2.35. The maximum absolute atomic E-state index is 8.53. The zero-order valence-electron chi connectivity index (χ0n) is 10.3. The number of ether oxygens (including phenoxy) is 2. The molecular weight excluding hydrogens is 252 g/mol. The summed E-state index contributed by atoms with van der Waals surface area (Å²) >= 11 is 0. The van der Waals surface area contributed by atoms with Gasteiger partial charge in [-0.15, -0.1) is 0 Å². The second-order valence-corrected chi connectivity index (χ2v) is 3.73. The molecule has 9 nitrogen and oxygen atoms in total. The van der Waals surface area contributed by atoms with Crippen LogP contribution in [0.15, 0.2) is 6.33 Å². The number of aliphatic hydroxyl groups is 1. The molecule has 0 amide bonds. The number of imidazole rings is 1. The van der Waals surface area contributed by atoms with E-state index in [1.807, 2.05) is 0 Å². The van der Waals surface area contributed by atoms with Crippen LogP contribution >= 0.6 is 0 Å². The summed E-state index contributed by atoms with van der Waals surface area (Å²) in [7, 11) is 0. The van der Waals surface area contributed by atoms with Crippen LogP contribution in [0.4, 0.5) is 11.8 Å². The van der Waals surface area contributed by atoms with Gasteiger partial charge in [-0.25, -0.2) is 4.98 Å². The minimum absolute atomic E-state index is 0.00162. The van der Waals surface area contributed by atoms with Crippen LogP contribution in [0, 0.1) is 0 Å². The summed E-state index contributed by atoms with van der Waals surface area (Å²) in [6.45, 7) is 1.37. The highest BCUT2D eigenvalue weighted by molar-refractivity contribution is 5.82. The summed E-state index contributed by atoms with van der Waals surface area (Å²) in [6, 6.07) is 0. The average molecular weight is 268 g/mol. The number of fused-ring (bicyclic) bond motifs is 1. The molecule has 0 saturated carbocycles. The highest BCUT2D eigenvalue weighted by Crippen LogP contribution is 2.16. The van der Waals surface area contributed by atoms with Crippen molar-refractivity contribution in [2.45, 2.75) is 6.73 Å². The average Bonchev–Trinajstić information content (AvgIpc) is 2.77. The Labute approximate surface area is 109 Å². The van der Waals surface area contributed by atoms with Crippen molar-refractivity contribution >= 4 is 22.9 Å². The minimum atomic E-state index is 0.00162. The summed E-state index contributed by atoms with van der Waals surface area (Å²) in [4.78, 5) is 12.0. The molecule has 0 unspecified atom stereocenters. The van der Waals surface area contributed by atoms with Crippen molar-refractivity contribution in [3.63, 3.8) is 0 Å². The molecule has 0 aromatic carbocycles. The van der Waals surface area contributed by atoms with Crippen LogP contribution in [-0.4, -0.2) is 51.1 Å². The second kappa shape index (κ2) is 6.27. The fourth-order valence-corrected chi connectivity index (χ4v) is 1.53. The van der Waals surface area contributed by atoms with Crippen LogP contribution in [-0.2, 0) is 16.2 Å². The maximum Gasteiger partial charge on any atom is 0.224 e. The molecule has 104 valence electrons. The summed E-state index contributed by atoms with van der Waals surface area (Å²) in [5.41, 5.74) is 12.2. The number of nitrogen functional groups attached to an aromatic ring is 2. The molecule has 0 bridgehead atoms. The van der Waals surface area contributed by atoms with Gasteiger partial charge in [0, 0.05) is 0 Å². The van der Waals surface area contributed by atoms with Crippen LogP contribution in [0.2, 0.25) is 0 Å². The third kappa shape index (κ3) is 3.28. The molecule has 2 heterocycles. The van der Waals surface area contributed by atoms with Crippen LogP contribution < -0.4 is 11.5 Å². The first-order valence-corrected chi connectivity index (χ1v) is 5.72. The molecule has 0 aliphatic heterocycles. The van der Waals surface area contributed by atoms with Crippen molar-refractivity contribution in [2.75, 3.05) is 37.9 Å². The van der Waals surface area contributed by atoms with E-state index in [1.165, 1.54) is 0 Å². The number of hydrogen-bond acceptors (Lipinski definition) is 8. The number of rotatable bonds is 7. The van der Waals surface area contributed by atoms with Gasteiger partial charge >= 0.3 is 0 Å². The quantitative estimate of drug-likeness (QED) is 0.543. The van der Waals surface area contributed by atoms with E-state index in [0.29, 0.717) is 31.0 Å². The van der Waals surface area contributed by atoms with Gasteiger partial charge in [-0.05, 0) is 0 Å². The third-order valence-electron chi connectivity index (χ3n) is 2.35. The number of aliphatic hydroxyl groups excluding tert-OH is 1. The number of anilines is 2. The molecule has 0 aliphatic rings. The smallest absolute Gasteiger partial charge is 0.224 e. The first-order valence-electron chi connectivity index (χ1n) is 5.72. The van der Waals surface area contributed by atoms with Crippen molar-refractivity contribution in [3.05, 3.63) is 6.33 Å². The lowest BCUT2D eigenvalue weighted by Crippen LogP contribution is -2.10. The fourth-order valence-electron chi connectivity index (χ4n) is 1.53. The van der Waals surface area contributed by atoms with E-state index in [0.717, 1.165) is 0 Å². The predicted molar refractivity (Wildman–Crippen MR) is 68.0 cm³/mol. The van der Waals surface area contributed by atoms with E-state index in [4.69, 9.17) is 26.0 Å². The first kappa shape index (κ1) is 13.5. The Morgan fingerprint density at radius 1 is 1.16 bits per heavy atom. The Balaban J connectivity index is 1.94. The number of nitrogens with zero attached hydrogens (tertiary/aromatic N) is 4. The Morgan fingerprint density at radius 2 is 1.95 bits per heavy atom. The monoisotopic (exact) mass is 268 g/mol. The minimum Gasteiger partial charge on any atom is -0.394 e. The highest BCUT2D eigenvalue weighted by atomic mass is 16.5. The van der Waals surface area contributed by atoms with Crippen molar-refractivity contribution in [1.82, 2.24) is 19.5 Å². The van der Waals surface area contributed by atoms with Crippen molar-refractivity contribution in [3.8, 4) is 0 Å². The Kier molecular flexibility index (Phi) is 4.44. The largest absolute Gasteiger partial charge is 0.394 e. The van der Waals surface area contributed by atoms with Gasteiger partial charge in [0.2, 0.25) is 5.95 Å². The van der Waals surface area contributed by atoms with E-state index in [9.17, 15) is 0 Å². The Hall–Kier alpha value is -1.97. The second-order valence-electron chi connectivity index (χ2n) is 3.73. The van der Waals surface area contributed by atoms with E-state index in [-0.39, 0.29) is 25.1 Å². The lowest BCUT2D eigenvalue weighted by molar-refractivity contribution is 0.0107. The van der Waals surface area contributed by atoms with Crippen LogP contribution in [0.1, 0.15) is 0 Å². The normalized spacial score (nSPS) is 11.2. The SMILES string of the molecule is Nc1nc(N)c2ncn(COCCOCCO)c2n1. The lowest BCUT2D eigenvalue weighted by Gasteiger charge is -2.06. The van der Waals surface area contributed by atoms with Gasteiger partial charge in [-0.3, -0.25) is 4.57 Å². The number of nitrogens with two attached hydrogens (primary N) is 2. The van der Waals surface area contributed by atoms with Crippen molar-refractivity contribution in [1.29, 1.82) is 0 Å². The number of hydrogen-bond donors (Lipinski definition) is 3. The van der Waals surface area contributed by atoms with Crippen LogP contribution in [0.25, 0.3) is 11.2 Å². The van der Waals surface area contributed by atoms with Crippen LogP contribution in [0.5, 0.6) is 0 Å². The standard InChI is InChI=1S/C10H16N6O3/c11-8-7-9(15-10(12)14-8)16(5-13-7)6-19-4-3-18-2-1-17/h5,17H,1-4,6H2,(H4,11,12,14,15). The van der Waals surface area contributed by atoms with Gasteiger partial charge in [0.25, 0.3) is 0 Å². The first-order chi connectivity index (χ1) is 9.22. The van der Waals surface area contributed by atoms with Gasteiger partial charge in [-0.2, -0.15) is 9.97 Å². The molecule has 9 heteroatoms. The van der Waals surface area contributed by atoms with Gasteiger partial charge < -0.3 is 26.0 Å². The molecule has 0 fully saturated rings. The molecule has 2 rings (SSSR count). The zero-order valence-corrected chi connectivity index (χ0v) is 10.3. The molecule has 5 N–H and O–H groups in total. The molecule has 0 saturated heterocycles. The van der Waals surface area contributed by atoms with Gasteiger partial charge in [0.15, 0.2) is 11.5 Å². The summed E-state index contributed by atoms with van der Waals surface area (Å²) in [5, 5.41) is 8.53. The molecule has 2 aromatic heterocycles. The Bertz CT molecular complexity index is 543. The van der Waals surface area contributed by atoms with Gasteiger partial charge in [0.05, 0.1) is 32.8 Å². The summed E-state index contributed by atoms with van der Waals surface area (Å²) in [5.74, 6) is 0.338. The Morgan fingerprint density at radius 3 is 2.74 bits per heavy atom. The van der Waals surface area contributed by atoms with Gasteiger partial charge in [0.1, 0.15) is 12.2 Å². The summed E-state index contributed by atoms with van der Waals surface area (Å²) < 4.78 is 12.1. The van der Waals surface area contributed by atoms with E-state index >= 15 is 0 Å². The fraction of sp³-hybridized carbons (Fsp3) is 0.500. The molecule has 19 heavy (non-hydrogen) atoms. The van der Waals surface area contributed by atoms with E-state index < -0.39 is 0 Å². The molecule has 0 atom stereocenters. The predicted octanol–water partition coefficient (Wildman–Crippen LogP) is -1.03. The highest BCUT2D eigenvalue weighted by Gasteiger charge is 2.09. The molecule has 0 spiro atoms. The van der Waals surface area contributed by atoms with Crippen molar-refractivity contribution < 1.29 is 14.6 Å². The molecule has 0 radical (unpaired) electrons. The van der Waals surface area contributed by atoms with Crippen molar-refractivity contribution in [2.24, 2.45) is 0 Å². The van der Waals surface area contributed by atoms with E-state index in [2.05, 4.69) is 15.0 Å². The van der Waals surface area contributed by atoms with Gasteiger partial charge in [-0.1, -0.05) is 0 Å². The molecular formula is C10H16N6O3. The van der Waals surface area contributed by atoms with E-state index in [1.54, 1.807) is 10.9 Å². The lowest BCUT2D eigenvalue weighted by atomic mass is 10.5. The molecule has 2 aromatic rings. The topological polar surface area (TPSA) is 134 Å². The van der Waals surface area contributed by atoms with Crippen LogP contribution in [0.3, 0.4) is 0 Å². The zero-order chi connectivity index (χ0) is 13.7. The molecule has 0 aliphatic carbocycles. The number of aromatic nitrogens is 4.